The molecule has 0 unspecified atom stereocenters. The molecule has 1 heterocycles. The van der Waals surface area contributed by atoms with Crippen molar-refractivity contribution in [1.82, 2.24) is 4.90 Å². The standard InChI is InChI=1S/C18H28N2O/c1-3-18(4-2)10-13-20(14-11-18)17(21)16-8-6-5-7-15(16)9-12-19/h5-8H,3-4,9-14,19H2,1-2H3. The van der Waals surface area contributed by atoms with Crippen LogP contribution in [0.1, 0.15) is 55.5 Å². The molecule has 116 valence electrons. The lowest BCUT2D eigenvalue weighted by molar-refractivity contribution is 0.0557. The largest absolute Gasteiger partial charge is 0.339 e. The van der Waals surface area contributed by atoms with E-state index in [9.17, 15) is 4.79 Å². The van der Waals surface area contributed by atoms with Gasteiger partial charge in [0.2, 0.25) is 0 Å². The molecule has 1 aliphatic heterocycles. The van der Waals surface area contributed by atoms with Gasteiger partial charge in [0.25, 0.3) is 5.91 Å². The molecular weight excluding hydrogens is 260 g/mol. The van der Waals surface area contributed by atoms with Crippen LogP contribution < -0.4 is 5.73 Å². The Morgan fingerprint density at radius 3 is 2.38 bits per heavy atom. The van der Waals surface area contributed by atoms with E-state index in [1.807, 2.05) is 29.2 Å². The SMILES string of the molecule is CCC1(CC)CCN(C(=O)c2ccccc2CCN)CC1. The second-order valence-electron chi connectivity index (χ2n) is 6.20. The molecule has 1 amide bonds. The highest BCUT2D eigenvalue weighted by molar-refractivity contribution is 5.95. The fraction of sp³-hybridized carbons (Fsp3) is 0.611. The average molecular weight is 288 g/mol. The first-order chi connectivity index (χ1) is 10.2. The lowest BCUT2D eigenvalue weighted by atomic mass is 9.74. The molecular formula is C18H28N2O. The van der Waals surface area contributed by atoms with Gasteiger partial charge in [0.15, 0.2) is 0 Å². The molecule has 2 N–H and O–H groups in total. The minimum atomic E-state index is 0.180. The fourth-order valence-electron chi connectivity index (χ4n) is 3.41. The maximum absolute atomic E-state index is 12.8. The molecule has 0 aliphatic carbocycles. The molecule has 1 aromatic rings. The Kier molecular flexibility index (Phi) is 5.40. The van der Waals surface area contributed by atoms with Crippen LogP contribution in [0.15, 0.2) is 24.3 Å². The van der Waals surface area contributed by atoms with Gasteiger partial charge in [0, 0.05) is 18.7 Å². The number of nitrogens with zero attached hydrogens (tertiary/aromatic N) is 1. The molecule has 0 spiro atoms. The van der Waals surface area contributed by atoms with Crippen LogP contribution >= 0.6 is 0 Å². The highest BCUT2D eigenvalue weighted by Crippen LogP contribution is 2.38. The molecule has 2 rings (SSSR count). The fourth-order valence-corrected chi connectivity index (χ4v) is 3.41. The van der Waals surface area contributed by atoms with Crippen molar-refractivity contribution in [2.75, 3.05) is 19.6 Å². The quantitative estimate of drug-likeness (QED) is 0.904. The Hall–Kier alpha value is -1.35. The summed E-state index contributed by atoms with van der Waals surface area (Å²) in [5, 5.41) is 0. The number of carbonyl (C=O) groups excluding carboxylic acids is 1. The minimum absolute atomic E-state index is 0.180. The number of benzene rings is 1. The first-order valence-electron chi connectivity index (χ1n) is 8.23. The summed E-state index contributed by atoms with van der Waals surface area (Å²) >= 11 is 0. The Morgan fingerprint density at radius 2 is 1.81 bits per heavy atom. The summed E-state index contributed by atoms with van der Waals surface area (Å²) in [6.45, 7) is 6.91. The zero-order chi connectivity index (χ0) is 15.3. The third-order valence-electron chi connectivity index (χ3n) is 5.27. The number of hydrogen-bond acceptors (Lipinski definition) is 2. The van der Waals surface area contributed by atoms with E-state index in [1.165, 1.54) is 12.8 Å². The topological polar surface area (TPSA) is 46.3 Å². The summed E-state index contributed by atoms with van der Waals surface area (Å²) in [5.74, 6) is 0.180. The van der Waals surface area contributed by atoms with Gasteiger partial charge in [0.1, 0.15) is 0 Å². The van der Waals surface area contributed by atoms with Crippen molar-refractivity contribution in [3.63, 3.8) is 0 Å². The molecule has 1 fully saturated rings. The number of rotatable bonds is 5. The van der Waals surface area contributed by atoms with Gasteiger partial charge in [-0.25, -0.2) is 0 Å². The molecule has 0 bridgehead atoms. The number of hydrogen-bond donors (Lipinski definition) is 1. The highest BCUT2D eigenvalue weighted by Gasteiger charge is 2.33. The molecule has 21 heavy (non-hydrogen) atoms. The number of carbonyl (C=O) groups is 1. The van der Waals surface area contributed by atoms with Crippen molar-refractivity contribution < 1.29 is 4.79 Å². The Balaban J connectivity index is 2.09. The predicted molar refractivity (Wildman–Crippen MR) is 87.4 cm³/mol. The summed E-state index contributed by atoms with van der Waals surface area (Å²) in [5.41, 5.74) is 8.02. The monoisotopic (exact) mass is 288 g/mol. The highest BCUT2D eigenvalue weighted by atomic mass is 16.2. The van der Waals surface area contributed by atoms with Crippen molar-refractivity contribution in [3.05, 3.63) is 35.4 Å². The Bertz CT molecular complexity index is 470. The van der Waals surface area contributed by atoms with E-state index < -0.39 is 0 Å². The Labute approximate surface area is 128 Å². The van der Waals surface area contributed by atoms with Crippen molar-refractivity contribution >= 4 is 5.91 Å². The van der Waals surface area contributed by atoms with E-state index in [0.717, 1.165) is 43.5 Å². The zero-order valence-corrected chi connectivity index (χ0v) is 13.4. The number of nitrogens with two attached hydrogens (primary N) is 1. The first-order valence-corrected chi connectivity index (χ1v) is 8.23. The molecule has 0 saturated carbocycles. The molecule has 1 aromatic carbocycles. The average Bonchev–Trinajstić information content (AvgIpc) is 2.55. The second kappa shape index (κ2) is 7.08. The van der Waals surface area contributed by atoms with Crippen molar-refractivity contribution in [2.24, 2.45) is 11.1 Å². The lowest BCUT2D eigenvalue weighted by Gasteiger charge is -2.41. The molecule has 0 aromatic heterocycles. The van der Waals surface area contributed by atoms with E-state index in [0.29, 0.717) is 12.0 Å². The summed E-state index contributed by atoms with van der Waals surface area (Å²) in [4.78, 5) is 14.8. The maximum Gasteiger partial charge on any atom is 0.254 e. The molecule has 1 aliphatic rings. The van der Waals surface area contributed by atoms with Gasteiger partial charge in [0.05, 0.1) is 0 Å². The van der Waals surface area contributed by atoms with Gasteiger partial charge in [-0.05, 0) is 42.9 Å². The molecule has 3 nitrogen and oxygen atoms in total. The lowest BCUT2D eigenvalue weighted by Crippen LogP contribution is -2.43. The van der Waals surface area contributed by atoms with E-state index in [2.05, 4.69) is 13.8 Å². The van der Waals surface area contributed by atoms with Crippen molar-refractivity contribution in [2.45, 2.75) is 46.0 Å². The summed E-state index contributed by atoms with van der Waals surface area (Å²) in [7, 11) is 0. The van der Waals surface area contributed by atoms with Crippen LogP contribution in [0.4, 0.5) is 0 Å². The van der Waals surface area contributed by atoms with Crippen LogP contribution in [0.2, 0.25) is 0 Å². The third-order valence-corrected chi connectivity index (χ3v) is 5.27. The minimum Gasteiger partial charge on any atom is -0.339 e. The molecule has 0 atom stereocenters. The second-order valence-corrected chi connectivity index (χ2v) is 6.20. The van der Waals surface area contributed by atoms with Crippen LogP contribution in [-0.4, -0.2) is 30.4 Å². The molecule has 3 heteroatoms. The van der Waals surface area contributed by atoms with E-state index in [-0.39, 0.29) is 5.91 Å². The van der Waals surface area contributed by atoms with E-state index in [4.69, 9.17) is 5.73 Å². The predicted octanol–water partition coefficient (Wildman–Crippen LogP) is 3.23. The van der Waals surface area contributed by atoms with Crippen molar-refractivity contribution in [1.29, 1.82) is 0 Å². The maximum atomic E-state index is 12.8. The normalized spacial score (nSPS) is 17.8. The third kappa shape index (κ3) is 3.46. The van der Waals surface area contributed by atoms with Crippen LogP contribution in [-0.2, 0) is 6.42 Å². The van der Waals surface area contributed by atoms with Crippen LogP contribution in [0.3, 0.4) is 0 Å². The van der Waals surface area contributed by atoms with Gasteiger partial charge in [-0.2, -0.15) is 0 Å². The summed E-state index contributed by atoms with van der Waals surface area (Å²) < 4.78 is 0. The van der Waals surface area contributed by atoms with Crippen LogP contribution in [0.5, 0.6) is 0 Å². The summed E-state index contributed by atoms with van der Waals surface area (Å²) in [6.07, 6.45) is 5.46. The first kappa shape index (κ1) is 16.0. The smallest absolute Gasteiger partial charge is 0.254 e. The van der Waals surface area contributed by atoms with Gasteiger partial charge >= 0.3 is 0 Å². The van der Waals surface area contributed by atoms with E-state index in [1.54, 1.807) is 0 Å². The van der Waals surface area contributed by atoms with Gasteiger partial charge in [-0.1, -0.05) is 44.9 Å². The van der Waals surface area contributed by atoms with Crippen LogP contribution in [0, 0.1) is 5.41 Å². The number of amides is 1. The molecule has 1 saturated heterocycles. The zero-order valence-electron chi connectivity index (χ0n) is 13.4. The number of likely N-dealkylation sites (tertiary alicyclic amines) is 1. The van der Waals surface area contributed by atoms with Crippen molar-refractivity contribution in [3.8, 4) is 0 Å². The van der Waals surface area contributed by atoms with Gasteiger partial charge in [-0.15, -0.1) is 0 Å². The number of piperidine rings is 1. The molecule has 0 radical (unpaired) electrons. The van der Waals surface area contributed by atoms with E-state index >= 15 is 0 Å². The Morgan fingerprint density at radius 1 is 1.19 bits per heavy atom. The summed E-state index contributed by atoms with van der Waals surface area (Å²) in [6, 6.07) is 7.89. The van der Waals surface area contributed by atoms with Gasteiger partial charge in [-0.3, -0.25) is 4.79 Å². The van der Waals surface area contributed by atoms with Gasteiger partial charge < -0.3 is 10.6 Å². The van der Waals surface area contributed by atoms with Crippen LogP contribution in [0.25, 0.3) is 0 Å².